The number of hydrogen-bond acceptors (Lipinski definition) is 5. The number of imidazole rings is 1. The smallest absolute Gasteiger partial charge is 0.329 e. The molecule has 2 heterocycles. The summed E-state index contributed by atoms with van der Waals surface area (Å²) in [5.41, 5.74) is 2.44. The minimum absolute atomic E-state index is 0.0214. The van der Waals surface area contributed by atoms with Crippen molar-refractivity contribution >= 4 is 28.3 Å². The molecule has 31 heavy (non-hydrogen) atoms. The van der Waals surface area contributed by atoms with E-state index >= 15 is 0 Å². The number of hydrogen-bond donors (Lipinski definition) is 0. The van der Waals surface area contributed by atoms with Crippen LogP contribution >= 0.6 is 0 Å². The summed E-state index contributed by atoms with van der Waals surface area (Å²) >= 11 is 0. The summed E-state index contributed by atoms with van der Waals surface area (Å²) in [5.74, 6) is -0.0788. The molecule has 1 amide bonds. The molecule has 2 aromatic carbocycles. The number of amides is 1. The molecule has 1 fully saturated rings. The standard InChI is InChI=1S/C22H25N5O4/c1-2-11-25-19-5-3-4-6-20(19)26(22(25)29)16-21(28)24-14-12-23(13-15-24)17-7-9-18(10-8-17)27(30)31/h3-10H,2,11-16H2,1H3. The lowest BCUT2D eigenvalue weighted by Gasteiger charge is -2.36. The number of anilines is 1. The normalized spacial score (nSPS) is 14.2. The molecule has 0 spiro atoms. The Balaban J connectivity index is 1.45. The van der Waals surface area contributed by atoms with Crippen LogP contribution in [0.2, 0.25) is 0 Å². The van der Waals surface area contributed by atoms with Crippen LogP contribution in [0.15, 0.2) is 53.3 Å². The van der Waals surface area contributed by atoms with Crippen molar-refractivity contribution in [1.82, 2.24) is 14.0 Å². The van der Waals surface area contributed by atoms with Crippen molar-refractivity contribution in [2.45, 2.75) is 26.4 Å². The number of aryl methyl sites for hydroxylation is 1. The van der Waals surface area contributed by atoms with E-state index in [0.29, 0.717) is 32.7 Å². The molecule has 0 unspecified atom stereocenters. The first-order valence-corrected chi connectivity index (χ1v) is 10.4. The Hall–Kier alpha value is -3.62. The summed E-state index contributed by atoms with van der Waals surface area (Å²) < 4.78 is 3.30. The number of non-ortho nitro benzene ring substituents is 1. The molecular formula is C22H25N5O4. The SMILES string of the molecule is CCCn1c(=O)n(CC(=O)N2CCN(c3ccc([N+](=O)[O-])cc3)CC2)c2ccccc21. The molecule has 0 bridgehead atoms. The summed E-state index contributed by atoms with van der Waals surface area (Å²) in [6.07, 6.45) is 0.840. The van der Waals surface area contributed by atoms with Gasteiger partial charge in [-0.25, -0.2) is 4.79 Å². The predicted octanol–water partition coefficient (Wildman–Crippen LogP) is 2.47. The van der Waals surface area contributed by atoms with E-state index in [0.717, 1.165) is 23.1 Å². The van der Waals surface area contributed by atoms with Gasteiger partial charge in [-0.1, -0.05) is 19.1 Å². The highest BCUT2D eigenvalue weighted by Gasteiger charge is 2.23. The molecule has 1 aromatic heterocycles. The average Bonchev–Trinajstić information content (AvgIpc) is 3.05. The van der Waals surface area contributed by atoms with E-state index in [1.165, 1.54) is 12.1 Å². The number of rotatable bonds is 6. The fraction of sp³-hybridized carbons (Fsp3) is 0.364. The molecule has 1 saturated heterocycles. The van der Waals surface area contributed by atoms with Gasteiger partial charge in [-0.05, 0) is 30.7 Å². The zero-order chi connectivity index (χ0) is 22.0. The van der Waals surface area contributed by atoms with Gasteiger partial charge >= 0.3 is 5.69 Å². The Morgan fingerprint density at radius 1 is 0.968 bits per heavy atom. The van der Waals surface area contributed by atoms with Crippen LogP contribution in [0.25, 0.3) is 11.0 Å². The van der Waals surface area contributed by atoms with Crippen LogP contribution in [0.4, 0.5) is 11.4 Å². The number of fused-ring (bicyclic) bond motifs is 1. The minimum Gasteiger partial charge on any atom is -0.368 e. The first kappa shape index (κ1) is 20.6. The molecule has 9 nitrogen and oxygen atoms in total. The van der Waals surface area contributed by atoms with E-state index in [1.54, 1.807) is 26.2 Å². The molecular weight excluding hydrogens is 398 g/mol. The maximum absolute atomic E-state index is 13.0. The summed E-state index contributed by atoms with van der Waals surface area (Å²) in [6, 6.07) is 14.0. The molecule has 0 saturated carbocycles. The average molecular weight is 423 g/mol. The Kier molecular flexibility index (Phi) is 5.75. The van der Waals surface area contributed by atoms with Crippen molar-refractivity contribution in [2.75, 3.05) is 31.1 Å². The van der Waals surface area contributed by atoms with Crippen molar-refractivity contribution in [3.63, 3.8) is 0 Å². The number of carbonyl (C=O) groups is 1. The van der Waals surface area contributed by atoms with Gasteiger partial charge in [0.1, 0.15) is 6.54 Å². The third-order valence-corrected chi connectivity index (χ3v) is 5.72. The molecule has 0 aliphatic carbocycles. The Bertz CT molecular complexity index is 1160. The second-order valence-corrected chi connectivity index (χ2v) is 7.65. The molecule has 0 atom stereocenters. The van der Waals surface area contributed by atoms with Crippen LogP contribution in [-0.2, 0) is 17.9 Å². The van der Waals surface area contributed by atoms with Crippen molar-refractivity contribution in [1.29, 1.82) is 0 Å². The Labute approximate surface area is 179 Å². The maximum atomic E-state index is 13.0. The van der Waals surface area contributed by atoms with Gasteiger partial charge in [-0.2, -0.15) is 0 Å². The molecule has 0 radical (unpaired) electrons. The van der Waals surface area contributed by atoms with Crippen molar-refractivity contribution in [2.24, 2.45) is 0 Å². The van der Waals surface area contributed by atoms with Gasteiger partial charge in [-0.15, -0.1) is 0 Å². The maximum Gasteiger partial charge on any atom is 0.329 e. The topological polar surface area (TPSA) is 93.6 Å². The second-order valence-electron chi connectivity index (χ2n) is 7.65. The monoisotopic (exact) mass is 423 g/mol. The number of carbonyl (C=O) groups excluding carboxylic acids is 1. The predicted molar refractivity (Wildman–Crippen MR) is 118 cm³/mol. The lowest BCUT2D eigenvalue weighted by molar-refractivity contribution is -0.384. The number of piperazine rings is 1. The summed E-state index contributed by atoms with van der Waals surface area (Å²) in [4.78, 5) is 40.2. The summed E-state index contributed by atoms with van der Waals surface area (Å²) in [7, 11) is 0. The fourth-order valence-corrected chi connectivity index (χ4v) is 4.10. The van der Waals surface area contributed by atoms with Crippen LogP contribution in [-0.4, -0.2) is 51.0 Å². The quantitative estimate of drug-likeness (QED) is 0.449. The van der Waals surface area contributed by atoms with Crippen LogP contribution in [0.3, 0.4) is 0 Å². The zero-order valence-corrected chi connectivity index (χ0v) is 17.4. The largest absolute Gasteiger partial charge is 0.368 e. The van der Waals surface area contributed by atoms with Crippen LogP contribution < -0.4 is 10.6 Å². The summed E-state index contributed by atoms with van der Waals surface area (Å²) in [6.45, 7) is 5.01. The van der Waals surface area contributed by atoms with E-state index in [-0.39, 0.29) is 23.8 Å². The van der Waals surface area contributed by atoms with E-state index in [4.69, 9.17) is 0 Å². The highest BCUT2D eigenvalue weighted by Crippen LogP contribution is 2.21. The molecule has 1 aliphatic rings. The molecule has 1 aliphatic heterocycles. The number of nitrogens with zero attached hydrogens (tertiary/aromatic N) is 5. The van der Waals surface area contributed by atoms with Crippen LogP contribution in [0.5, 0.6) is 0 Å². The fourth-order valence-electron chi connectivity index (χ4n) is 4.10. The summed E-state index contributed by atoms with van der Waals surface area (Å²) in [5, 5.41) is 10.8. The number of nitro groups is 1. The van der Waals surface area contributed by atoms with Crippen molar-refractivity contribution < 1.29 is 9.72 Å². The lowest BCUT2D eigenvalue weighted by Crippen LogP contribution is -2.50. The van der Waals surface area contributed by atoms with Gasteiger partial charge < -0.3 is 9.80 Å². The van der Waals surface area contributed by atoms with Gasteiger partial charge in [0.25, 0.3) is 5.69 Å². The number of aromatic nitrogens is 2. The zero-order valence-electron chi connectivity index (χ0n) is 17.4. The molecule has 9 heteroatoms. The first-order chi connectivity index (χ1) is 15.0. The minimum atomic E-state index is -0.417. The highest BCUT2D eigenvalue weighted by atomic mass is 16.6. The number of para-hydroxylation sites is 2. The van der Waals surface area contributed by atoms with E-state index in [1.807, 2.05) is 31.2 Å². The van der Waals surface area contributed by atoms with Gasteiger partial charge in [0.2, 0.25) is 5.91 Å². The number of nitro benzene ring substituents is 1. The molecule has 4 rings (SSSR count). The molecule has 162 valence electrons. The Morgan fingerprint density at radius 2 is 1.58 bits per heavy atom. The first-order valence-electron chi connectivity index (χ1n) is 10.4. The van der Waals surface area contributed by atoms with Crippen LogP contribution in [0.1, 0.15) is 13.3 Å². The van der Waals surface area contributed by atoms with Crippen LogP contribution in [0, 0.1) is 10.1 Å². The van der Waals surface area contributed by atoms with E-state index in [9.17, 15) is 19.7 Å². The Morgan fingerprint density at radius 3 is 2.16 bits per heavy atom. The van der Waals surface area contributed by atoms with E-state index in [2.05, 4.69) is 4.90 Å². The molecule has 3 aromatic rings. The number of benzene rings is 2. The van der Waals surface area contributed by atoms with Gasteiger partial charge in [0, 0.05) is 50.5 Å². The third kappa shape index (κ3) is 4.03. The van der Waals surface area contributed by atoms with Gasteiger partial charge in [0.15, 0.2) is 0 Å². The van der Waals surface area contributed by atoms with Gasteiger partial charge in [0.05, 0.1) is 16.0 Å². The molecule has 0 N–H and O–H groups in total. The van der Waals surface area contributed by atoms with Crippen molar-refractivity contribution in [3.05, 3.63) is 69.1 Å². The van der Waals surface area contributed by atoms with Gasteiger partial charge in [-0.3, -0.25) is 24.0 Å². The van der Waals surface area contributed by atoms with E-state index < -0.39 is 4.92 Å². The highest BCUT2D eigenvalue weighted by molar-refractivity contribution is 5.81. The second kappa shape index (κ2) is 8.63. The van der Waals surface area contributed by atoms with Crippen molar-refractivity contribution in [3.8, 4) is 0 Å². The lowest BCUT2D eigenvalue weighted by atomic mass is 10.2. The third-order valence-electron chi connectivity index (χ3n) is 5.72.